The van der Waals surface area contributed by atoms with Gasteiger partial charge in [0.25, 0.3) is 5.91 Å². The largest absolute Gasteiger partial charge is 0.497 e. The third-order valence-electron chi connectivity index (χ3n) is 4.78. The molecule has 1 amide bonds. The highest BCUT2D eigenvalue weighted by Crippen LogP contribution is 2.32. The van der Waals surface area contributed by atoms with Crippen molar-refractivity contribution in [3.8, 4) is 5.75 Å². The van der Waals surface area contributed by atoms with E-state index in [1.165, 1.54) is 20.4 Å². The third-order valence-corrected chi connectivity index (χ3v) is 4.78. The number of rotatable bonds is 8. The highest BCUT2D eigenvalue weighted by Gasteiger charge is 2.29. The number of aliphatic carboxylic acids is 1. The Morgan fingerprint density at radius 1 is 1.13 bits per heavy atom. The van der Waals surface area contributed by atoms with Crippen LogP contribution in [0.3, 0.4) is 0 Å². The van der Waals surface area contributed by atoms with Gasteiger partial charge in [0.1, 0.15) is 11.7 Å². The summed E-state index contributed by atoms with van der Waals surface area (Å²) in [5.41, 5.74) is 1.71. The van der Waals surface area contributed by atoms with E-state index in [4.69, 9.17) is 4.74 Å². The van der Waals surface area contributed by atoms with Crippen LogP contribution in [0.5, 0.6) is 5.75 Å². The second kappa shape index (κ2) is 9.23. The number of Topliss-reactive ketones (excluding diaryl/α,β-unsaturated/α-hetero) is 1. The number of methoxy groups -OCH3 is 1. The van der Waals surface area contributed by atoms with Crippen molar-refractivity contribution in [2.24, 2.45) is 5.92 Å². The standard InChI is InChI=1S/C22H21N3O6/c1-23-21(28)12-3-8-18-15(9-12)19(25-13-4-6-14(31-2)7-5-13)16(10-24-18)20(27)17(11-26)22(29)30/h3-10,17,26H,11H2,1-2H3,(H,23,28)(H,24,25)(H,29,30). The van der Waals surface area contributed by atoms with E-state index in [0.717, 1.165) is 0 Å². The number of aliphatic hydroxyl groups is 1. The zero-order valence-corrected chi connectivity index (χ0v) is 16.9. The fraction of sp³-hybridized carbons (Fsp3) is 0.182. The number of carboxylic acids is 1. The molecule has 9 nitrogen and oxygen atoms in total. The van der Waals surface area contributed by atoms with Crippen molar-refractivity contribution >= 4 is 39.9 Å². The van der Waals surface area contributed by atoms with Gasteiger partial charge in [-0.05, 0) is 42.5 Å². The van der Waals surface area contributed by atoms with E-state index in [9.17, 15) is 24.6 Å². The predicted molar refractivity (Wildman–Crippen MR) is 114 cm³/mol. The Morgan fingerprint density at radius 3 is 2.42 bits per heavy atom. The summed E-state index contributed by atoms with van der Waals surface area (Å²) < 4.78 is 5.15. The molecular weight excluding hydrogens is 402 g/mol. The van der Waals surface area contributed by atoms with Gasteiger partial charge in [-0.15, -0.1) is 0 Å². The van der Waals surface area contributed by atoms with Crippen molar-refractivity contribution in [2.45, 2.75) is 0 Å². The summed E-state index contributed by atoms with van der Waals surface area (Å²) in [6, 6.07) is 11.7. The SMILES string of the molecule is CNC(=O)c1ccc2ncc(C(=O)C(CO)C(=O)O)c(Nc3ccc(OC)cc3)c2c1. The van der Waals surface area contributed by atoms with Crippen molar-refractivity contribution in [3.05, 3.63) is 59.8 Å². The average Bonchev–Trinajstić information content (AvgIpc) is 2.79. The van der Waals surface area contributed by atoms with Gasteiger partial charge in [0.15, 0.2) is 5.78 Å². The maximum Gasteiger partial charge on any atom is 0.316 e. The molecule has 0 saturated carbocycles. The molecule has 2 aromatic carbocycles. The number of carbonyl (C=O) groups excluding carboxylic acids is 2. The summed E-state index contributed by atoms with van der Waals surface area (Å²) in [6.07, 6.45) is 1.27. The fourth-order valence-electron chi connectivity index (χ4n) is 3.08. The summed E-state index contributed by atoms with van der Waals surface area (Å²) in [5, 5.41) is 24.8. The van der Waals surface area contributed by atoms with Gasteiger partial charge in [0, 0.05) is 29.9 Å². The topological polar surface area (TPSA) is 138 Å². The van der Waals surface area contributed by atoms with Crippen LogP contribution in [-0.4, -0.2) is 53.6 Å². The van der Waals surface area contributed by atoms with E-state index >= 15 is 0 Å². The molecule has 0 aliphatic carbocycles. The number of hydrogen-bond acceptors (Lipinski definition) is 7. The van der Waals surface area contributed by atoms with Gasteiger partial charge >= 0.3 is 5.97 Å². The van der Waals surface area contributed by atoms with Crippen LogP contribution in [0.1, 0.15) is 20.7 Å². The maximum absolute atomic E-state index is 12.9. The highest BCUT2D eigenvalue weighted by atomic mass is 16.5. The normalized spacial score (nSPS) is 11.6. The number of anilines is 2. The van der Waals surface area contributed by atoms with Gasteiger partial charge in [-0.1, -0.05) is 0 Å². The lowest BCUT2D eigenvalue weighted by molar-refractivity contribution is -0.141. The highest BCUT2D eigenvalue weighted by molar-refractivity contribution is 6.15. The van der Waals surface area contributed by atoms with Crippen LogP contribution in [0.4, 0.5) is 11.4 Å². The Hall–Kier alpha value is -3.98. The molecule has 3 rings (SSSR count). The Morgan fingerprint density at radius 2 is 1.84 bits per heavy atom. The summed E-state index contributed by atoms with van der Waals surface area (Å²) in [6.45, 7) is -0.855. The van der Waals surface area contributed by atoms with Crippen molar-refractivity contribution in [2.75, 3.05) is 26.1 Å². The minimum atomic E-state index is -1.64. The first-order valence-electron chi connectivity index (χ1n) is 9.33. The molecule has 9 heteroatoms. The number of ether oxygens (including phenoxy) is 1. The van der Waals surface area contributed by atoms with E-state index < -0.39 is 24.3 Å². The summed E-state index contributed by atoms with van der Waals surface area (Å²) in [7, 11) is 3.04. The number of fused-ring (bicyclic) bond motifs is 1. The molecule has 0 aliphatic heterocycles. The van der Waals surface area contributed by atoms with Crippen molar-refractivity contribution in [1.29, 1.82) is 0 Å². The average molecular weight is 423 g/mol. The minimum Gasteiger partial charge on any atom is -0.497 e. The first-order chi connectivity index (χ1) is 14.9. The monoisotopic (exact) mass is 423 g/mol. The first-order valence-corrected chi connectivity index (χ1v) is 9.33. The van der Waals surface area contributed by atoms with Gasteiger partial charge in [-0.2, -0.15) is 0 Å². The number of aromatic nitrogens is 1. The van der Waals surface area contributed by atoms with Gasteiger partial charge in [-0.25, -0.2) is 0 Å². The summed E-state index contributed by atoms with van der Waals surface area (Å²) in [4.78, 5) is 40.7. The molecule has 0 bridgehead atoms. The van der Waals surface area contributed by atoms with Crippen LogP contribution in [0.25, 0.3) is 10.9 Å². The number of carboxylic acid groups (broad SMARTS) is 1. The number of aliphatic hydroxyl groups excluding tert-OH is 1. The molecule has 1 atom stereocenters. The van der Waals surface area contributed by atoms with E-state index in [-0.39, 0.29) is 17.2 Å². The first kappa shape index (κ1) is 21.7. The van der Waals surface area contributed by atoms with E-state index in [1.54, 1.807) is 42.5 Å². The quantitative estimate of drug-likeness (QED) is 0.320. The van der Waals surface area contributed by atoms with E-state index in [1.807, 2.05) is 0 Å². The Labute approximate surface area is 177 Å². The fourth-order valence-corrected chi connectivity index (χ4v) is 3.08. The number of benzene rings is 2. The molecule has 3 aromatic rings. The molecule has 1 unspecified atom stereocenters. The van der Waals surface area contributed by atoms with Crippen LogP contribution in [0.15, 0.2) is 48.7 Å². The van der Waals surface area contributed by atoms with Crippen molar-refractivity contribution in [3.63, 3.8) is 0 Å². The lowest BCUT2D eigenvalue weighted by atomic mass is 9.96. The number of nitrogens with one attached hydrogen (secondary N) is 2. The van der Waals surface area contributed by atoms with Crippen molar-refractivity contribution in [1.82, 2.24) is 10.3 Å². The van der Waals surface area contributed by atoms with Gasteiger partial charge in [0.2, 0.25) is 0 Å². The van der Waals surface area contributed by atoms with Crippen LogP contribution < -0.4 is 15.4 Å². The molecule has 0 spiro atoms. The maximum atomic E-state index is 12.9. The summed E-state index contributed by atoms with van der Waals surface area (Å²) in [5.74, 6) is -3.58. The predicted octanol–water partition coefficient (Wildman–Crippen LogP) is 2.22. The third kappa shape index (κ3) is 4.46. The van der Waals surface area contributed by atoms with E-state index in [0.29, 0.717) is 27.9 Å². The number of ketones is 1. The number of amides is 1. The zero-order valence-electron chi connectivity index (χ0n) is 16.9. The molecule has 1 heterocycles. The number of nitrogens with zero attached hydrogens (tertiary/aromatic N) is 1. The second-order valence-corrected chi connectivity index (χ2v) is 6.65. The molecule has 0 radical (unpaired) electrons. The van der Waals surface area contributed by atoms with Crippen LogP contribution in [0, 0.1) is 5.92 Å². The number of pyridine rings is 1. The summed E-state index contributed by atoms with van der Waals surface area (Å²) >= 11 is 0. The smallest absolute Gasteiger partial charge is 0.316 e. The van der Waals surface area contributed by atoms with E-state index in [2.05, 4.69) is 15.6 Å². The zero-order chi connectivity index (χ0) is 22.5. The number of hydrogen-bond donors (Lipinski definition) is 4. The van der Waals surface area contributed by atoms with Crippen LogP contribution >= 0.6 is 0 Å². The lowest BCUT2D eigenvalue weighted by Gasteiger charge is -2.17. The molecule has 31 heavy (non-hydrogen) atoms. The molecule has 0 saturated heterocycles. The molecule has 0 fully saturated rings. The second-order valence-electron chi connectivity index (χ2n) is 6.65. The Bertz CT molecular complexity index is 1140. The van der Waals surface area contributed by atoms with Gasteiger partial charge in [-0.3, -0.25) is 19.4 Å². The minimum absolute atomic E-state index is 0.0150. The Balaban J connectivity index is 2.21. The molecular formula is C22H21N3O6. The molecule has 0 aliphatic rings. The number of carbonyl (C=O) groups is 3. The molecule has 4 N–H and O–H groups in total. The van der Waals surface area contributed by atoms with Crippen molar-refractivity contribution < 1.29 is 29.3 Å². The molecule has 160 valence electrons. The lowest BCUT2D eigenvalue weighted by Crippen LogP contribution is -2.28. The van der Waals surface area contributed by atoms with Crippen LogP contribution in [-0.2, 0) is 4.79 Å². The molecule has 1 aromatic heterocycles. The van der Waals surface area contributed by atoms with Gasteiger partial charge < -0.3 is 25.6 Å². The van der Waals surface area contributed by atoms with Crippen LogP contribution in [0.2, 0.25) is 0 Å². The Kier molecular flexibility index (Phi) is 6.46. The van der Waals surface area contributed by atoms with Gasteiger partial charge in [0.05, 0.1) is 30.5 Å².